The molecule has 4 rings (SSSR count). The summed E-state index contributed by atoms with van der Waals surface area (Å²) in [5.41, 5.74) is 1.28. The Kier molecular flexibility index (Phi) is 6.39. The van der Waals surface area contributed by atoms with Crippen molar-refractivity contribution in [1.82, 2.24) is 9.55 Å². The Balaban J connectivity index is 1.67. The molecule has 0 fully saturated rings. The number of fused-ring (bicyclic) bond motifs is 1. The molecule has 1 atom stereocenters. The van der Waals surface area contributed by atoms with Crippen molar-refractivity contribution in [3.8, 4) is 11.4 Å². The summed E-state index contributed by atoms with van der Waals surface area (Å²) in [6, 6.07) is 18.4. The number of thiophene rings is 1. The van der Waals surface area contributed by atoms with E-state index in [-0.39, 0.29) is 11.5 Å². The summed E-state index contributed by atoms with van der Waals surface area (Å²) in [6.07, 6.45) is 0.583. The molecule has 6 nitrogen and oxygen atoms in total. The molecule has 31 heavy (non-hydrogen) atoms. The summed E-state index contributed by atoms with van der Waals surface area (Å²) in [5, 5.41) is 5.47. The molecule has 4 aromatic rings. The molecule has 0 saturated heterocycles. The molecule has 0 spiro atoms. The summed E-state index contributed by atoms with van der Waals surface area (Å²) in [4.78, 5) is 31.6. The first-order chi connectivity index (χ1) is 15.1. The van der Waals surface area contributed by atoms with Crippen LogP contribution in [0.4, 0.5) is 5.69 Å². The van der Waals surface area contributed by atoms with Gasteiger partial charge < -0.3 is 10.1 Å². The van der Waals surface area contributed by atoms with Gasteiger partial charge in [0.25, 0.3) is 5.56 Å². The third kappa shape index (κ3) is 4.50. The summed E-state index contributed by atoms with van der Waals surface area (Å²) in [5.74, 6) is 0.581. The topological polar surface area (TPSA) is 73.2 Å². The normalized spacial score (nSPS) is 11.9. The summed E-state index contributed by atoms with van der Waals surface area (Å²) in [6.45, 7) is 1.94. The van der Waals surface area contributed by atoms with E-state index in [2.05, 4.69) is 5.32 Å². The zero-order valence-corrected chi connectivity index (χ0v) is 18.7. The van der Waals surface area contributed by atoms with Crippen molar-refractivity contribution in [2.75, 3.05) is 12.4 Å². The first kappa shape index (κ1) is 21.1. The van der Waals surface area contributed by atoms with Crippen LogP contribution in [0.25, 0.3) is 15.9 Å². The smallest absolute Gasteiger partial charge is 0.267 e. The van der Waals surface area contributed by atoms with Gasteiger partial charge in [-0.1, -0.05) is 36.9 Å². The van der Waals surface area contributed by atoms with Crippen LogP contribution in [0.1, 0.15) is 13.3 Å². The average Bonchev–Trinajstić information content (AvgIpc) is 3.27. The molecule has 158 valence electrons. The zero-order chi connectivity index (χ0) is 21.8. The van der Waals surface area contributed by atoms with Crippen LogP contribution in [0.5, 0.6) is 5.75 Å². The molecule has 1 amide bonds. The summed E-state index contributed by atoms with van der Waals surface area (Å²) >= 11 is 2.72. The van der Waals surface area contributed by atoms with E-state index < -0.39 is 5.25 Å². The van der Waals surface area contributed by atoms with Gasteiger partial charge in [0, 0.05) is 5.69 Å². The molecule has 1 N–H and O–H groups in total. The number of thioether (sulfide) groups is 1. The number of aromatic nitrogens is 2. The van der Waals surface area contributed by atoms with Gasteiger partial charge in [0.2, 0.25) is 5.91 Å². The molecule has 0 aliphatic rings. The fourth-order valence-corrected chi connectivity index (χ4v) is 4.96. The Morgan fingerprint density at radius 1 is 1.16 bits per heavy atom. The number of hydrogen-bond acceptors (Lipinski definition) is 6. The van der Waals surface area contributed by atoms with Crippen molar-refractivity contribution < 1.29 is 9.53 Å². The number of nitrogens with one attached hydrogen (secondary N) is 1. The lowest BCUT2D eigenvalue weighted by atomic mass is 10.2. The van der Waals surface area contributed by atoms with Gasteiger partial charge in [-0.15, -0.1) is 11.3 Å². The second-order valence-corrected chi connectivity index (χ2v) is 8.81. The predicted octanol–water partition coefficient (Wildman–Crippen LogP) is 4.97. The molecule has 0 unspecified atom stereocenters. The standard InChI is InChI=1S/C23H21N3O3S2/c1-3-19(20(27)24-15-9-11-17(29-2)12-10-15)31-23-25-21-18(13-14-30-21)22(28)26(23)16-7-5-4-6-8-16/h4-14,19H,3H2,1-2H3,(H,24,27)/t19-/m0/s1. The largest absolute Gasteiger partial charge is 0.497 e. The van der Waals surface area contributed by atoms with Crippen molar-refractivity contribution >= 4 is 44.9 Å². The van der Waals surface area contributed by atoms with E-state index >= 15 is 0 Å². The molecule has 2 aromatic carbocycles. The third-order valence-electron chi connectivity index (χ3n) is 4.75. The zero-order valence-electron chi connectivity index (χ0n) is 17.1. The maximum Gasteiger partial charge on any atom is 0.267 e. The molecule has 0 saturated carbocycles. The monoisotopic (exact) mass is 451 g/mol. The number of para-hydroxylation sites is 1. The van der Waals surface area contributed by atoms with Gasteiger partial charge in [0.1, 0.15) is 10.6 Å². The van der Waals surface area contributed by atoms with Crippen molar-refractivity contribution in [3.63, 3.8) is 0 Å². The van der Waals surface area contributed by atoms with Crippen LogP contribution in [0.3, 0.4) is 0 Å². The third-order valence-corrected chi connectivity index (χ3v) is 6.87. The maximum absolute atomic E-state index is 13.2. The van der Waals surface area contributed by atoms with Crippen LogP contribution in [0.15, 0.2) is 76.0 Å². The van der Waals surface area contributed by atoms with E-state index in [1.165, 1.54) is 23.1 Å². The Morgan fingerprint density at radius 3 is 2.58 bits per heavy atom. The van der Waals surface area contributed by atoms with E-state index in [1.807, 2.05) is 42.6 Å². The number of rotatable bonds is 7. The van der Waals surface area contributed by atoms with Crippen LogP contribution in [0.2, 0.25) is 0 Å². The molecule has 0 aliphatic heterocycles. The number of anilines is 1. The predicted molar refractivity (Wildman–Crippen MR) is 127 cm³/mol. The fraction of sp³-hybridized carbons (Fsp3) is 0.174. The van der Waals surface area contributed by atoms with E-state index in [0.717, 1.165) is 11.4 Å². The first-order valence-corrected chi connectivity index (χ1v) is 11.5. The van der Waals surface area contributed by atoms with Crippen LogP contribution in [-0.4, -0.2) is 27.8 Å². The maximum atomic E-state index is 13.2. The average molecular weight is 452 g/mol. The summed E-state index contributed by atoms with van der Waals surface area (Å²) in [7, 11) is 1.60. The van der Waals surface area contributed by atoms with Gasteiger partial charge in [-0.25, -0.2) is 4.98 Å². The van der Waals surface area contributed by atoms with E-state index in [9.17, 15) is 9.59 Å². The lowest BCUT2D eigenvalue weighted by Gasteiger charge is -2.17. The van der Waals surface area contributed by atoms with Crippen LogP contribution < -0.4 is 15.6 Å². The van der Waals surface area contributed by atoms with Gasteiger partial charge in [0.05, 0.1) is 23.4 Å². The van der Waals surface area contributed by atoms with Crippen LogP contribution in [-0.2, 0) is 4.79 Å². The van der Waals surface area contributed by atoms with Gasteiger partial charge in [-0.3, -0.25) is 14.2 Å². The first-order valence-electron chi connectivity index (χ1n) is 9.78. The second-order valence-electron chi connectivity index (χ2n) is 6.74. The quantitative estimate of drug-likeness (QED) is 0.317. The minimum Gasteiger partial charge on any atom is -0.497 e. The van der Waals surface area contributed by atoms with Crippen LogP contribution in [0, 0.1) is 0 Å². The molecule has 0 bridgehead atoms. The highest BCUT2D eigenvalue weighted by molar-refractivity contribution is 8.00. The Morgan fingerprint density at radius 2 is 1.90 bits per heavy atom. The van der Waals surface area contributed by atoms with Crippen molar-refractivity contribution in [2.45, 2.75) is 23.8 Å². The van der Waals surface area contributed by atoms with E-state index in [0.29, 0.717) is 27.5 Å². The number of benzene rings is 2. The fourth-order valence-electron chi connectivity index (χ4n) is 3.13. The number of carbonyl (C=O) groups is 1. The molecule has 2 aromatic heterocycles. The van der Waals surface area contributed by atoms with E-state index in [4.69, 9.17) is 9.72 Å². The van der Waals surface area contributed by atoms with Gasteiger partial charge in [-0.05, 0) is 54.3 Å². The number of methoxy groups -OCH3 is 1. The molecule has 8 heteroatoms. The van der Waals surface area contributed by atoms with Gasteiger partial charge in [0.15, 0.2) is 5.16 Å². The minimum absolute atomic E-state index is 0.134. The number of nitrogens with zero attached hydrogens (tertiary/aromatic N) is 2. The SMILES string of the molecule is CC[C@H](Sc1nc2sccc2c(=O)n1-c1ccccc1)C(=O)Nc1ccc(OC)cc1. The van der Waals surface area contributed by atoms with Crippen LogP contribution >= 0.6 is 23.1 Å². The Labute approximate surface area is 187 Å². The lowest BCUT2D eigenvalue weighted by molar-refractivity contribution is -0.115. The number of amides is 1. The number of hydrogen-bond donors (Lipinski definition) is 1. The number of carbonyl (C=O) groups excluding carboxylic acids is 1. The summed E-state index contributed by atoms with van der Waals surface area (Å²) < 4.78 is 6.75. The van der Waals surface area contributed by atoms with E-state index in [1.54, 1.807) is 42.0 Å². The minimum atomic E-state index is -0.415. The van der Waals surface area contributed by atoms with Gasteiger partial charge in [-0.2, -0.15) is 0 Å². The van der Waals surface area contributed by atoms with Crippen molar-refractivity contribution in [3.05, 3.63) is 76.4 Å². The van der Waals surface area contributed by atoms with Crippen molar-refractivity contribution in [2.24, 2.45) is 0 Å². The molecular weight excluding hydrogens is 430 g/mol. The highest BCUT2D eigenvalue weighted by Crippen LogP contribution is 2.29. The molecule has 2 heterocycles. The molecule has 0 aliphatic carbocycles. The highest BCUT2D eigenvalue weighted by atomic mass is 32.2. The molecular formula is C23H21N3O3S2. The Hall–Kier alpha value is -3.10. The second kappa shape index (κ2) is 9.36. The molecule has 0 radical (unpaired) electrons. The number of ether oxygens (including phenoxy) is 1. The highest BCUT2D eigenvalue weighted by Gasteiger charge is 2.23. The lowest BCUT2D eigenvalue weighted by Crippen LogP contribution is -2.27. The van der Waals surface area contributed by atoms with Crippen molar-refractivity contribution in [1.29, 1.82) is 0 Å². The van der Waals surface area contributed by atoms with Gasteiger partial charge >= 0.3 is 0 Å². The Bertz CT molecular complexity index is 1250.